The molecule has 2 saturated heterocycles. The fourth-order valence-corrected chi connectivity index (χ4v) is 8.62. The van der Waals surface area contributed by atoms with Crippen molar-refractivity contribution in [2.45, 2.75) is 63.4 Å². The number of likely N-dealkylation sites (tertiary alicyclic amines) is 1. The quantitative estimate of drug-likeness (QED) is 0.630. The molecule has 0 saturated carbocycles. The summed E-state index contributed by atoms with van der Waals surface area (Å²) in [5.74, 6) is 3.41. The summed E-state index contributed by atoms with van der Waals surface area (Å²) in [6.07, 6.45) is 11.0. The third-order valence-corrected chi connectivity index (χ3v) is 10.8. The van der Waals surface area contributed by atoms with Crippen LogP contribution in [-0.2, 0) is 0 Å². The second-order valence-corrected chi connectivity index (χ2v) is 11.7. The van der Waals surface area contributed by atoms with Crippen molar-refractivity contribution >= 4 is 23.5 Å². The van der Waals surface area contributed by atoms with Crippen LogP contribution < -0.4 is 0 Å². The highest BCUT2D eigenvalue weighted by Crippen LogP contribution is 2.61. The Hall–Kier alpha value is 0.140. The van der Waals surface area contributed by atoms with Gasteiger partial charge in [-0.2, -0.15) is 0 Å². The number of hydrogen-bond donors (Lipinski definition) is 0. The number of thioether (sulfide) groups is 2. The van der Waals surface area contributed by atoms with E-state index >= 15 is 0 Å². The van der Waals surface area contributed by atoms with Gasteiger partial charge in [0.25, 0.3) is 0 Å². The Labute approximate surface area is 157 Å². The van der Waals surface area contributed by atoms with E-state index in [9.17, 15) is 0 Å². The number of rotatable bonds is 3. The van der Waals surface area contributed by atoms with Crippen LogP contribution in [0.5, 0.6) is 0 Å². The highest BCUT2D eigenvalue weighted by molar-refractivity contribution is 8.21. The van der Waals surface area contributed by atoms with Crippen LogP contribution in [-0.4, -0.2) is 40.1 Å². The highest BCUT2D eigenvalue weighted by atomic mass is 32.2. The summed E-state index contributed by atoms with van der Waals surface area (Å²) < 4.78 is 0.423. The summed E-state index contributed by atoms with van der Waals surface area (Å²) in [5, 5.41) is 0. The van der Waals surface area contributed by atoms with E-state index in [2.05, 4.69) is 55.3 Å². The lowest BCUT2D eigenvalue weighted by atomic mass is 9.64. The zero-order valence-electron chi connectivity index (χ0n) is 15.7. The Morgan fingerprint density at radius 3 is 2.54 bits per heavy atom. The normalized spacial score (nSPS) is 34.5. The second-order valence-electron chi connectivity index (χ2n) is 8.68. The first-order chi connectivity index (χ1) is 11.5. The van der Waals surface area contributed by atoms with Crippen molar-refractivity contribution < 1.29 is 0 Å². The van der Waals surface area contributed by atoms with E-state index in [1.807, 2.05) is 0 Å². The van der Waals surface area contributed by atoms with Crippen molar-refractivity contribution in [3.8, 4) is 0 Å². The molecule has 0 unspecified atom stereocenters. The first-order valence-corrected chi connectivity index (χ1v) is 11.9. The molecule has 4 rings (SSSR count). The summed E-state index contributed by atoms with van der Waals surface area (Å²) in [4.78, 5) is 2.69. The second kappa shape index (κ2) is 6.70. The van der Waals surface area contributed by atoms with Gasteiger partial charge in [-0.25, -0.2) is 0 Å². The molecule has 2 atom stereocenters. The van der Waals surface area contributed by atoms with Gasteiger partial charge in [-0.15, -0.1) is 23.5 Å². The van der Waals surface area contributed by atoms with E-state index in [0.717, 1.165) is 5.92 Å². The van der Waals surface area contributed by atoms with Crippen molar-refractivity contribution in [2.24, 2.45) is 11.3 Å². The van der Waals surface area contributed by atoms with Gasteiger partial charge in [0.1, 0.15) is 0 Å². The van der Waals surface area contributed by atoms with Gasteiger partial charge in [-0.3, -0.25) is 0 Å². The molecule has 2 fully saturated rings. The number of fused-ring (bicyclic) bond motifs is 1. The fourth-order valence-electron chi connectivity index (χ4n) is 5.31. The molecule has 1 spiro atoms. The molecular weight excluding hydrogens is 330 g/mol. The Morgan fingerprint density at radius 2 is 1.83 bits per heavy atom. The van der Waals surface area contributed by atoms with Crippen LogP contribution in [0.3, 0.4) is 0 Å². The van der Waals surface area contributed by atoms with E-state index in [0.29, 0.717) is 9.49 Å². The molecule has 2 aliphatic heterocycles. The topological polar surface area (TPSA) is 3.24 Å². The predicted molar refractivity (Wildman–Crippen MR) is 110 cm³/mol. The van der Waals surface area contributed by atoms with Crippen LogP contribution in [0.15, 0.2) is 22.8 Å². The third-order valence-electron chi connectivity index (χ3n) is 7.04. The molecule has 0 aromatic heterocycles. The predicted octanol–water partition coefficient (Wildman–Crippen LogP) is 5.73. The maximum atomic E-state index is 2.69. The van der Waals surface area contributed by atoms with Gasteiger partial charge >= 0.3 is 0 Å². The minimum atomic E-state index is 0.423. The average molecular weight is 364 g/mol. The molecule has 0 aromatic carbocycles. The average Bonchev–Trinajstić information content (AvgIpc) is 3.24. The van der Waals surface area contributed by atoms with Gasteiger partial charge < -0.3 is 4.90 Å². The molecule has 134 valence electrons. The van der Waals surface area contributed by atoms with Crippen LogP contribution in [0, 0.1) is 11.3 Å². The first kappa shape index (κ1) is 17.5. The van der Waals surface area contributed by atoms with Crippen LogP contribution in [0.25, 0.3) is 0 Å². The standard InChI is InChI=1S/C21H33NS2/c1-16(15-22-10-4-5-11-22)18-6-7-20(3)8-9-21(23-12-13-24-21)17(2)19(20)14-18/h14,16H,4-13,15H2,1-3H3/t16-,20+/m1/s1. The molecule has 3 heteroatoms. The van der Waals surface area contributed by atoms with E-state index in [4.69, 9.17) is 0 Å². The monoisotopic (exact) mass is 363 g/mol. The Morgan fingerprint density at radius 1 is 1.12 bits per heavy atom. The van der Waals surface area contributed by atoms with Crippen molar-refractivity contribution in [1.82, 2.24) is 4.90 Å². The molecule has 0 radical (unpaired) electrons. The summed E-state index contributed by atoms with van der Waals surface area (Å²) in [6, 6.07) is 0. The Bertz CT molecular complexity index is 552. The zero-order valence-corrected chi connectivity index (χ0v) is 17.3. The van der Waals surface area contributed by atoms with Crippen molar-refractivity contribution in [3.63, 3.8) is 0 Å². The zero-order chi connectivity index (χ0) is 16.8. The van der Waals surface area contributed by atoms with E-state index in [-0.39, 0.29) is 0 Å². The van der Waals surface area contributed by atoms with E-state index < -0.39 is 0 Å². The van der Waals surface area contributed by atoms with Gasteiger partial charge in [0, 0.05) is 18.1 Å². The van der Waals surface area contributed by atoms with Crippen LogP contribution in [0.1, 0.15) is 59.3 Å². The lowest BCUT2D eigenvalue weighted by Crippen LogP contribution is -2.36. The van der Waals surface area contributed by atoms with Crippen molar-refractivity contribution in [1.29, 1.82) is 0 Å². The SMILES string of the molecule is CC1=C2C=C([C@H](C)CN3CCCC3)CC[C@@]2(C)CCC12SCCS2. The van der Waals surface area contributed by atoms with Crippen LogP contribution in [0.2, 0.25) is 0 Å². The lowest BCUT2D eigenvalue weighted by Gasteiger charge is -2.47. The van der Waals surface area contributed by atoms with Gasteiger partial charge in [-0.05, 0) is 81.0 Å². The van der Waals surface area contributed by atoms with Gasteiger partial charge in [0.15, 0.2) is 0 Å². The maximum absolute atomic E-state index is 2.69. The molecule has 0 amide bonds. The largest absolute Gasteiger partial charge is 0.303 e. The molecule has 2 aliphatic carbocycles. The number of nitrogens with zero attached hydrogens (tertiary/aromatic N) is 1. The minimum Gasteiger partial charge on any atom is -0.303 e. The van der Waals surface area contributed by atoms with Crippen LogP contribution in [0.4, 0.5) is 0 Å². The summed E-state index contributed by atoms with van der Waals surface area (Å²) >= 11 is 4.46. The van der Waals surface area contributed by atoms with E-state index in [1.165, 1.54) is 69.7 Å². The first-order valence-electron chi connectivity index (χ1n) is 9.95. The highest BCUT2D eigenvalue weighted by Gasteiger charge is 2.47. The smallest absolute Gasteiger partial charge is 0.0824 e. The summed E-state index contributed by atoms with van der Waals surface area (Å²) in [5.41, 5.74) is 5.63. The van der Waals surface area contributed by atoms with Gasteiger partial charge in [0.05, 0.1) is 4.08 Å². The molecular formula is C21H33NS2. The molecule has 0 N–H and O–H groups in total. The van der Waals surface area contributed by atoms with E-state index in [1.54, 1.807) is 16.7 Å². The van der Waals surface area contributed by atoms with Gasteiger partial charge in [0.2, 0.25) is 0 Å². The Balaban J connectivity index is 1.60. The Kier molecular flexibility index (Phi) is 4.90. The number of hydrogen-bond acceptors (Lipinski definition) is 3. The number of allylic oxidation sites excluding steroid dienone is 2. The third kappa shape index (κ3) is 3.03. The molecule has 0 bridgehead atoms. The molecule has 4 aliphatic rings. The lowest BCUT2D eigenvalue weighted by molar-refractivity contribution is 0.276. The summed E-state index contributed by atoms with van der Waals surface area (Å²) in [7, 11) is 0. The molecule has 1 nitrogen and oxygen atoms in total. The maximum Gasteiger partial charge on any atom is 0.0824 e. The van der Waals surface area contributed by atoms with Crippen LogP contribution >= 0.6 is 23.5 Å². The summed E-state index contributed by atoms with van der Waals surface area (Å²) in [6.45, 7) is 11.4. The van der Waals surface area contributed by atoms with Crippen molar-refractivity contribution in [2.75, 3.05) is 31.1 Å². The fraction of sp³-hybridized carbons (Fsp3) is 0.810. The van der Waals surface area contributed by atoms with Gasteiger partial charge in [-0.1, -0.05) is 25.5 Å². The molecule has 24 heavy (non-hydrogen) atoms. The minimum absolute atomic E-state index is 0.423. The molecule has 2 heterocycles. The van der Waals surface area contributed by atoms with Crippen molar-refractivity contribution in [3.05, 3.63) is 22.8 Å². The molecule has 0 aromatic rings.